The normalized spacial score (nSPS) is 11.7. The summed E-state index contributed by atoms with van der Waals surface area (Å²) in [6.07, 6.45) is 4.84. The standard InChI is InChI=1S/C49H31N4P2/c1-55-36-22-24-44-40(28-36)39-27-35(32-13-5-2-6-14-32)21-23-43(39)53(44)48-38(33-15-7-3-8-16-33)25-31(30-54)26-41(48)49-51-46(34-17-9-4-10-18-34)42(29-50)47(52-49)37-19-11-12-20-45(37)55/h2-28,30,54H,1H2/q+1. The fourth-order valence-electron chi connectivity index (χ4n) is 7.95. The van der Waals surface area contributed by atoms with E-state index in [0.717, 1.165) is 76.1 Å². The van der Waals surface area contributed by atoms with Gasteiger partial charge in [0, 0.05) is 27.3 Å². The predicted molar refractivity (Wildman–Crippen MR) is 236 cm³/mol. The first-order valence-electron chi connectivity index (χ1n) is 18.1. The molecule has 55 heavy (non-hydrogen) atoms. The van der Waals surface area contributed by atoms with Crippen molar-refractivity contribution < 1.29 is 0 Å². The van der Waals surface area contributed by atoms with E-state index in [4.69, 9.17) is 16.3 Å². The van der Waals surface area contributed by atoms with Crippen molar-refractivity contribution >= 4 is 81.3 Å². The highest BCUT2D eigenvalue weighted by atomic mass is 31.1. The molecule has 0 aliphatic heterocycles. The molecule has 0 radical (unpaired) electrons. The molecule has 1 unspecified atom stereocenters. The molecule has 0 aliphatic carbocycles. The van der Waals surface area contributed by atoms with Crippen LogP contribution in [-0.4, -0.2) is 20.2 Å². The molecular formula is C49H31N4P2+. The molecule has 11 aromatic rings. The topological polar surface area (TPSA) is 54.0 Å². The molecule has 4 nitrogen and oxygen atoms in total. The summed E-state index contributed by atoms with van der Waals surface area (Å²) in [5.41, 5.74) is 11.5. The summed E-state index contributed by atoms with van der Waals surface area (Å²) in [6, 6.07) is 59.8. The van der Waals surface area contributed by atoms with Crippen molar-refractivity contribution in [2.75, 3.05) is 0 Å². The molecule has 4 aromatic heterocycles. The SMILES string of the molecule is C=[p+]1c2ccc3c(c2)c2cc(-c4ccccc4)ccc2n3c2c(-c3ccccc3)cc(C=P)cc2c2nc(-c3ccccc3)c(C#N)c(n2)c2ccccc21. The van der Waals surface area contributed by atoms with Crippen molar-refractivity contribution in [3.8, 4) is 39.6 Å². The fraction of sp³-hybridized carbons (Fsp3) is 0. The monoisotopic (exact) mass is 737 g/mol. The van der Waals surface area contributed by atoms with E-state index < -0.39 is 7.16 Å². The van der Waals surface area contributed by atoms with Gasteiger partial charge in [-0.1, -0.05) is 109 Å². The van der Waals surface area contributed by atoms with Crippen molar-refractivity contribution in [3.05, 3.63) is 181 Å². The number of rotatable bonds is 4. The first-order valence-corrected chi connectivity index (χ1v) is 20.2. The van der Waals surface area contributed by atoms with Gasteiger partial charge in [-0.3, -0.25) is 0 Å². The summed E-state index contributed by atoms with van der Waals surface area (Å²) in [5.74, 6) is 1.94. The Labute approximate surface area is 320 Å². The first-order chi connectivity index (χ1) is 27.1. The van der Waals surface area contributed by atoms with Gasteiger partial charge < -0.3 is 4.40 Å². The van der Waals surface area contributed by atoms with Gasteiger partial charge in [0.1, 0.15) is 11.6 Å². The third kappa shape index (κ3) is 5.37. The third-order valence-corrected chi connectivity index (χ3v) is 12.7. The molecule has 11 rings (SSSR count). The zero-order valence-electron chi connectivity index (χ0n) is 29.6. The summed E-state index contributed by atoms with van der Waals surface area (Å²) < 4.78 is 2.39. The average molecular weight is 738 g/mol. The zero-order valence-corrected chi connectivity index (χ0v) is 31.5. The molecule has 256 valence electrons. The van der Waals surface area contributed by atoms with Crippen LogP contribution < -0.4 is 0 Å². The highest BCUT2D eigenvalue weighted by Gasteiger charge is 2.21. The van der Waals surface area contributed by atoms with Crippen LogP contribution in [0.2, 0.25) is 0 Å². The Morgan fingerprint density at radius 2 is 1.24 bits per heavy atom. The molecule has 6 heteroatoms. The molecule has 7 aromatic carbocycles. The molecule has 4 heterocycles. The maximum atomic E-state index is 10.9. The van der Waals surface area contributed by atoms with Crippen molar-refractivity contribution in [1.29, 1.82) is 5.26 Å². The van der Waals surface area contributed by atoms with Gasteiger partial charge in [0.25, 0.3) is 0 Å². The van der Waals surface area contributed by atoms with Gasteiger partial charge >= 0.3 is 0 Å². The van der Waals surface area contributed by atoms with Gasteiger partial charge in [0.15, 0.2) is 23.0 Å². The minimum Gasteiger partial charge on any atom is -0.308 e. The van der Waals surface area contributed by atoms with Crippen molar-refractivity contribution in [2.24, 2.45) is 0 Å². The van der Waals surface area contributed by atoms with Gasteiger partial charge in [-0.05, 0) is 82.6 Å². The lowest BCUT2D eigenvalue weighted by Crippen LogP contribution is -1.98. The number of hydrogen-bond acceptors (Lipinski definition) is 3. The lowest BCUT2D eigenvalue weighted by molar-refractivity contribution is 1.28. The van der Waals surface area contributed by atoms with Crippen LogP contribution in [-0.2, 0) is 0 Å². The maximum Gasteiger partial charge on any atom is 0.163 e. The molecule has 0 amide bonds. The first kappa shape index (κ1) is 32.9. The van der Waals surface area contributed by atoms with E-state index in [1.54, 1.807) is 0 Å². The molecule has 0 N–H and O–H groups in total. The molecule has 0 aliphatic rings. The van der Waals surface area contributed by atoms with E-state index in [1.807, 2.05) is 48.3 Å². The summed E-state index contributed by atoms with van der Waals surface area (Å²) in [4.78, 5) is 10.8. The summed E-state index contributed by atoms with van der Waals surface area (Å²) in [7, 11) is 2.64. The maximum absolute atomic E-state index is 10.9. The summed E-state index contributed by atoms with van der Waals surface area (Å²) in [5, 5.41) is 17.1. The van der Waals surface area contributed by atoms with E-state index in [0.29, 0.717) is 22.4 Å². The Morgan fingerprint density at radius 3 is 1.95 bits per heavy atom. The lowest BCUT2D eigenvalue weighted by atomic mass is 9.99. The highest BCUT2D eigenvalue weighted by Crippen LogP contribution is 2.42. The van der Waals surface area contributed by atoms with Crippen LogP contribution in [0.4, 0.5) is 0 Å². The molecule has 0 saturated heterocycles. The Balaban J connectivity index is 1.57. The van der Waals surface area contributed by atoms with Crippen LogP contribution in [0.5, 0.6) is 0 Å². The molecule has 0 spiro atoms. The van der Waals surface area contributed by atoms with Gasteiger partial charge in [-0.2, -0.15) is 5.26 Å². The predicted octanol–water partition coefficient (Wildman–Crippen LogP) is 13.4. The molecule has 1 atom stereocenters. The van der Waals surface area contributed by atoms with E-state index in [9.17, 15) is 5.26 Å². The quantitative estimate of drug-likeness (QED) is 0.169. The van der Waals surface area contributed by atoms with Crippen LogP contribution in [0.3, 0.4) is 0 Å². The Kier molecular flexibility index (Phi) is 7.93. The van der Waals surface area contributed by atoms with E-state index in [-0.39, 0.29) is 0 Å². The van der Waals surface area contributed by atoms with E-state index in [1.165, 1.54) is 5.56 Å². The second-order valence-corrected chi connectivity index (χ2v) is 15.8. The average Bonchev–Trinajstić information content (AvgIpc) is 3.58. The minimum atomic E-state index is -1.11. The second-order valence-electron chi connectivity index (χ2n) is 13.7. The van der Waals surface area contributed by atoms with Gasteiger partial charge in [-0.15, -0.1) is 8.86 Å². The number of fused-ring (bicyclic) bond motifs is 2. The number of benzene rings is 7. The van der Waals surface area contributed by atoms with Gasteiger partial charge in [0.2, 0.25) is 0 Å². The summed E-state index contributed by atoms with van der Waals surface area (Å²) >= 11 is 0. The van der Waals surface area contributed by atoms with Crippen LogP contribution in [0.1, 0.15) is 11.1 Å². The number of aromatic nitrogens is 3. The molecule has 0 fully saturated rings. The van der Waals surface area contributed by atoms with E-state index in [2.05, 4.69) is 141 Å². The van der Waals surface area contributed by atoms with E-state index >= 15 is 0 Å². The molecular weight excluding hydrogens is 707 g/mol. The van der Waals surface area contributed by atoms with Crippen LogP contribution in [0.25, 0.3) is 93.0 Å². The smallest absolute Gasteiger partial charge is 0.163 e. The largest absolute Gasteiger partial charge is 0.308 e. The Morgan fingerprint density at radius 1 is 0.600 bits per heavy atom. The molecule has 6 bridgehead atoms. The van der Waals surface area contributed by atoms with Gasteiger partial charge in [-0.25, -0.2) is 9.97 Å². The highest BCUT2D eigenvalue weighted by molar-refractivity contribution is 7.52. The lowest BCUT2D eigenvalue weighted by Gasteiger charge is -2.13. The fourth-order valence-corrected chi connectivity index (χ4v) is 9.68. The van der Waals surface area contributed by atoms with Crippen LogP contribution in [0, 0.1) is 17.6 Å². The minimum absolute atomic E-state index is 0.437. The van der Waals surface area contributed by atoms with Crippen LogP contribution >= 0.6 is 16.0 Å². The number of hydrogen-bond donors (Lipinski definition) is 0. The van der Waals surface area contributed by atoms with Crippen molar-refractivity contribution in [1.82, 2.24) is 14.4 Å². The summed E-state index contributed by atoms with van der Waals surface area (Å²) in [6.45, 7) is 0. The Bertz CT molecular complexity index is 3350. The van der Waals surface area contributed by atoms with Gasteiger partial charge in [0.05, 0.1) is 39.4 Å². The zero-order chi connectivity index (χ0) is 37.0. The van der Waals surface area contributed by atoms with Crippen molar-refractivity contribution in [2.45, 2.75) is 0 Å². The third-order valence-electron chi connectivity index (χ3n) is 10.5. The second kappa shape index (κ2) is 13.3. The Hall–Kier alpha value is -6.75. The number of nitriles is 1. The molecule has 0 saturated carbocycles. The van der Waals surface area contributed by atoms with Crippen molar-refractivity contribution in [3.63, 3.8) is 0 Å². The van der Waals surface area contributed by atoms with Crippen LogP contribution in [0.15, 0.2) is 164 Å². The number of nitrogens with zero attached hydrogens (tertiary/aromatic N) is 4.